The van der Waals surface area contributed by atoms with E-state index in [9.17, 15) is 13.2 Å². The third-order valence-electron chi connectivity index (χ3n) is 4.87. The molecule has 5 nitrogen and oxygen atoms in total. The number of likely N-dealkylation sites (N-methyl/N-ethyl adjacent to an activating group) is 1. The Morgan fingerprint density at radius 2 is 1.80 bits per heavy atom. The Balaban J connectivity index is 1.94. The molecular formula is C19H22N2O3S. The van der Waals surface area contributed by atoms with Gasteiger partial charge < -0.3 is 4.90 Å². The summed E-state index contributed by atoms with van der Waals surface area (Å²) < 4.78 is 27.4. The second-order valence-electron chi connectivity index (χ2n) is 6.40. The predicted octanol–water partition coefficient (Wildman–Crippen LogP) is 2.70. The first-order valence-electron chi connectivity index (χ1n) is 8.23. The minimum Gasteiger partial charge on any atom is -0.341 e. The van der Waals surface area contributed by atoms with Crippen molar-refractivity contribution in [3.05, 3.63) is 65.2 Å². The maximum absolute atomic E-state index is 13.0. The maximum Gasteiger partial charge on any atom is 0.253 e. The number of carbonyl (C=O) groups is 1. The molecule has 0 saturated heterocycles. The standard InChI is InChI=1S/C19H22N2O3S/c1-14(15-7-5-4-6-8-15)21(3)25(23,24)17-9-10-18-16(13-17)11-12-20(2)19(18)22/h4-10,13-14H,11-12H2,1-3H3. The summed E-state index contributed by atoms with van der Waals surface area (Å²) in [5, 5.41) is 0. The van der Waals surface area contributed by atoms with E-state index in [0.717, 1.165) is 11.1 Å². The van der Waals surface area contributed by atoms with Crippen LogP contribution in [0, 0.1) is 0 Å². The maximum atomic E-state index is 13.0. The zero-order valence-corrected chi connectivity index (χ0v) is 15.5. The Bertz CT molecular complexity index is 894. The lowest BCUT2D eigenvalue weighted by Crippen LogP contribution is -2.34. The van der Waals surface area contributed by atoms with Crippen LogP contribution in [0.4, 0.5) is 0 Å². The van der Waals surface area contributed by atoms with E-state index in [2.05, 4.69) is 0 Å². The van der Waals surface area contributed by atoms with E-state index in [0.29, 0.717) is 18.5 Å². The van der Waals surface area contributed by atoms with Crippen LogP contribution in [0.3, 0.4) is 0 Å². The molecule has 1 heterocycles. The van der Waals surface area contributed by atoms with Gasteiger partial charge in [-0.2, -0.15) is 4.31 Å². The van der Waals surface area contributed by atoms with Crippen molar-refractivity contribution in [2.75, 3.05) is 20.6 Å². The van der Waals surface area contributed by atoms with Gasteiger partial charge in [-0.3, -0.25) is 4.79 Å². The molecule has 2 aromatic rings. The van der Waals surface area contributed by atoms with Crippen molar-refractivity contribution < 1.29 is 13.2 Å². The molecule has 0 spiro atoms. The Labute approximate surface area is 148 Å². The lowest BCUT2D eigenvalue weighted by Gasteiger charge is -2.27. The summed E-state index contributed by atoms with van der Waals surface area (Å²) in [5.74, 6) is -0.0591. The Hall–Kier alpha value is -2.18. The van der Waals surface area contributed by atoms with Crippen molar-refractivity contribution in [2.24, 2.45) is 0 Å². The van der Waals surface area contributed by atoms with Crippen molar-refractivity contribution in [2.45, 2.75) is 24.3 Å². The fourth-order valence-corrected chi connectivity index (χ4v) is 4.46. The molecule has 6 heteroatoms. The molecular weight excluding hydrogens is 336 g/mol. The smallest absolute Gasteiger partial charge is 0.253 e. The molecule has 0 aromatic heterocycles. The fourth-order valence-electron chi connectivity index (χ4n) is 3.06. The van der Waals surface area contributed by atoms with Gasteiger partial charge in [0.05, 0.1) is 4.90 Å². The van der Waals surface area contributed by atoms with Crippen LogP contribution in [0.2, 0.25) is 0 Å². The van der Waals surface area contributed by atoms with Gasteiger partial charge in [-0.05, 0) is 42.7 Å². The molecule has 1 aliphatic rings. The summed E-state index contributed by atoms with van der Waals surface area (Å²) in [6.07, 6.45) is 0.666. The van der Waals surface area contributed by atoms with Gasteiger partial charge in [0.2, 0.25) is 10.0 Å². The van der Waals surface area contributed by atoms with Gasteiger partial charge in [-0.1, -0.05) is 30.3 Å². The third kappa shape index (κ3) is 3.19. The lowest BCUT2D eigenvalue weighted by atomic mass is 10.00. The van der Waals surface area contributed by atoms with Crippen molar-refractivity contribution in [3.8, 4) is 0 Å². The van der Waals surface area contributed by atoms with Crippen LogP contribution < -0.4 is 0 Å². The van der Waals surface area contributed by atoms with E-state index in [1.165, 1.54) is 10.4 Å². The summed E-state index contributed by atoms with van der Waals surface area (Å²) in [6.45, 7) is 2.47. The van der Waals surface area contributed by atoms with Crippen LogP contribution in [0.25, 0.3) is 0 Å². The van der Waals surface area contributed by atoms with E-state index >= 15 is 0 Å². The predicted molar refractivity (Wildman–Crippen MR) is 96.9 cm³/mol. The quantitative estimate of drug-likeness (QED) is 0.844. The molecule has 0 bridgehead atoms. The Morgan fingerprint density at radius 3 is 2.48 bits per heavy atom. The zero-order chi connectivity index (χ0) is 18.2. The minimum absolute atomic E-state index is 0.0591. The number of amides is 1. The molecule has 1 aliphatic heterocycles. The number of hydrogen-bond acceptors (Lipinski definition) is 3. The monoisotopic (exact) mass is 358 g/mol. The lowest BCUT2D eigenvalue weighted by molar-refractivity contribution is 0.0780. The fraction of sp³-hybridized carbons (Fsp3) is 0.316. The number of hydrogen-bond donors (Lipinski definition) is 0. The average molecular weight is 358 g/mol. The van der Waals surface area contributed by atoms with E-state index < -0.39 is 10.0 Å². The van der Waals surface area contributed by atoms with Gasteiger partial charge >= 0.3 is 0 Å². The van der Waals surface area contributed by atoms with E-state index in [1.807, 2.05) is 37.3 Å². The summed E-state index contributed by atoms with van der Waals surface area (Å²) in [5.41, 5.74) is 2.32. The first kappa shape index (κ1) is 17.6. The van der Waals surface area contributed by atoms with Crippen molar-refractivity contribution in [3.63, 3.8) is 0 Å². The molecule has 0 fully saturated rings. The molecule has 0 radical (unpaired) electrons. The molecule has 25 heavy (non-hydrogen) atoms. The summed E-state index contributed by atoms with van der Waals surface area (Å²) in [4.78, 5) is 14.1. The normalized spacial score (nSPS) is 16.0. The van der Waals surface area contributed by atoms with Gasteiger partial charge in [0.1, 0.15) is 0 Å². The van der Waals surface area contributed by atoms with Gasteiger partial charge in [0, 0.05) is 32.2 Å². The Morgan fingerprint density at radius 1 is 1.12 bits per heavy atom. The molecule has 1 unspecified atom stereocenters. The number of carbonyl (C=O) groups excluding carboxylic acids is 1. The molecule has 2 aromatic carbocycles. The third-order valence-corrected chi connectivity index (χ3v) is 6.80. The van der Waals surface area contributed by atoms with Gasteiger partial charge in [-0.15, -0.1) is 0 Å². The number of benzene rings is 2. The second-order valence-corrected chi connectivity index (χ2v) is 8.40. The molecule has 132 valence electrons. The van der Waals surface area contributed by atoms with E-state index in [-0.39, 0.29) is 16.8 Å². The minimum atomic E-state index is -3.64. The average Bonchev–Trinajstić information content (AvgIpc) is 2.64. The Kier molecular flexibility index (Phi) is 4.67. The molecule has 0 aliphatic carbocycles. The summed E-state index contributed by atoms with van der Waals surface area (Å²) >= 11 is 0. The first-order chi connectivity index (χ1) is 11.8. The number of fused-ring (bicyclic) bond motifs is 1. The molecule has 0 N–H and O–H groups in total. The zero-order valence-electron chi connectivity index (χ0n) is 14.6. The summed E-state index contributed by atoms with van der Waals surface area (Å²) in [6, 6.07) is 14.0. The van der Waals surface area contributed by atoms with E-state index in [4.69, 9.17) is 0 Å². The van der Waals surface area contributed by atoms with Crippen molar-refractivity contribution >= 4 is 15.9 Å². The molecule has 3 rings (SSSR count). The highest BCUT2D eigenvalue weighted by Crippen LogP contribution is 2.28. The summed E-state index contributed by atoms with van der Waals surface area (Å²) in [7, 11) is -0.299. The highest BCUT2D eigenvalue weighted by Gasteiger charge is 2.29. The van der Waals surface area contributed by atoms with Crippen LogP contribution >= 0.6 is 0 Å². The number of nitrogens with zero attached hydrogens (tertiary/aromatic N) is 2. The van der Waals surface area contributed by atoms with Crippen LogP contribution in [0.5, 0.6) is 0 Å². The highest BCUT2D eigenvalue weighted by atomic mass is 32.2. The topological polar surface area (TPSA) is 57.7 Å². The molecule has 1 amide bonds. The van der Waals surface area contributed by atoms with Crippen molar-refractivity contribution in [1.29, 1.82) is 0 Å². The number of rotatable bonds is 4. The molecule has 1 atom stereocenters. The van der Waals surface area contributed by atoms with Gasteiger partial charge in [-0.25, -0.2) is 8.42 Å². The molecule has 0 saturated carbocycles. The highest BCUT2D eigenvalue weighted by molar-refractivity contribution is 7.89. The van der Waals surface area contributed by atoms with Crippen molar-refractivity contribution in [1.82, 2.24) is 9.21 Å². The van der Waals surface area contributed by atoms with Crippen LogP contribution in [0.15, 0.2) is 53.4 Å². The van der Waals surface area contributed by atoms with Gasteiger partial charge in [0.15, 0.2) is 0 Å². The van der Waals surface area contributed by atoms with E-state index in [1.54, 1.807) is 31.1 Å². The number of sulfonamides is 1. The largest absolute Gasteiger partial charge is 0.341 e. The second kappa shape index (κ2) is 6.61. The van der Waals surface area contributed by atoms with Gasteiger partial charge in [0.25, 0.3) is 5.91 Å². The first-order valence-corrected chi connectivity index (χ1v) is 9.67. The van der Waals surface area contributed by atoms with Crippen LogP contribution in [0.1, 0.15) is 34.5 Å². The van der Waals surface area contributed by atoms with Crippen LogP contribution in [-0.4, -0.2) is 44.2 Å². The van der Waals surface area contributed by atoms with Crippen LogP contribution in [-0.2, 0) is 16.4 Å². The SMILES string of the molecule is CC(c1ccccc1)N(C)S(=O)(=O)c1ccc2c(c1)CCN(C)C2=O.